The van der Waals surface area contributed by atoms with Gasteiger partial charge in [-0.1, -0.05) is 0 Å². The molecular formula is C6HF11O. The minimum Gasteiger partial charge on any atom is -0.484 e. The predicted molar refractivity (Wildman–Crippen MR) is 32.8 cm³/mol. The van der Waals surface area contributed by atoms with Crippen LogP contribution in [0.4, 0.5) is 48.3 Å². The van der Waals surface area contributed by atoms with E-state index in [1.165, 1.54) is 0 Å². The normalized spacial score (nSPS) is 16.6. The van der Waals surface area contributed by atoms with E-state index in [4.69, 9.17) is 5.11 Å². The number of hydrogen-bond donors (Lipinski definition) is 1. The van der Waals surface area contributed by atoms with E-state index >= 15 is 0 Å². The molecule has 0 saturated carbocycles. The van der Waals surface area contributed by atoms with Crippen molar-refractivity contribution in [3.8, 4) is 0 Å². The second-order valence-corrected chi connectivity index (χ2v) is 2.83. The van der Waals surface area contributed by atoms with Crippen LogP contribution in [0.25, 0.3) is 0 Å². The van der Waals surface area contributed by atoms with Crippen LogP contribution < -0.4 is 0 Å². The number of aliphatic hydroxyl groups excluding tert-OH is 1. The average Bonchev–Trinajstić information content (AvgIpc) is 2.13. The maximum atomic E-state index is 12.3. The SMILES string of the molecule is OC(F)=C(F)C(F)(F)C(F)(F)C(F)(F)C(F)(F)F. The standard InChI is InChI=1S/C6HF11O/c7-1(2(8)18)3(9,10)4(11,12)5(13,14)6(15,16)17/h18H. The van der Waals surface area contributed by atoms with E-state index in [0.29, 0.717) is 0 Å². The van der Waals surface area contributed by atoms with E-state index in [0.717, 1.165) is 0 Å². The van der Waals surface area contributed by atoms with Crippen LogP contribution in [0.3, 0.4) is 0 Å². The zero-order valence-corrected chi connectivity index (χ0v) is 7.60. The molecule has 0 aliphatic rings. The monoisotopic (exact) mass is 298 g/mol. The average molecular weight is 298 g/mol. The Balaban J connectivity index is 5.88. The Morgan fingerprint density at radius 2 is 1.00 bits per heavy atom. The lowest BCUT2D eigenvalue weighted by Gasteiger charge is -2.32. The summed E-state index contributed by atoms with van der Waals surface area (Å²) in [6, 6.07) is -3.64. The third-order valence-corrected chi connectivity index (χ3v) is 1.60. The maximum absolute atomic E-state index is 12.3. The van der Waals surface area contributed by atoms with E-state index in [1.807, 2.05) is 0 Å². The molecule has 0 atom stereocenters. The smallest absolute Gasteiger partial charge is 0.460 e. The Morgan fingerprint density at radius 3 is 1.22 bits per heavy atom. The van der Waals surface area contributed by atoms with Gasteiger partial charge in [0.2, 0.25) is 5.83 Å². The van der Waals surface area contributed by atoms with Gasteiger partial charge in [0, 0.05) is 0 Å². The van der Waals surface area contributed by atoms with E-state index in [9.17, 15) is 48.3 Å². The van der Waals surface area contributed by atoms with Crippen LogP contribution >= 0.6 is 0 Å². The lowest BCUT2D eigenvalue weighted by molar-refractivity contribution is -0.392. The van der Waals surface area contributed by atoms with E-state index in [-0.39, 0.29) is 0 Å². The van der Waals surface area contributed by atoms with Gasteiger partial charge in [0.25, 0.3) is 0 Å². The minimum absolute atomic E-state index is 3.64. The minimum atomic E-state index is -7.35. The fourth-order valence-electron chi connectivity index (χ4n) is 0.643. The number of rotatable bonds is 3. The summed E-state index contributed by atoms with van der Waals surface area (Å²) in [6.07, 6.45) is -7.15. The van der Waals surface area contributed by atoms with Crippen molar-refractivity contribution in [2.24, 2.45) is 0 Å². The van der Waals surface area contributed by atoms with Crippen LogP contribution in [-0.2, 0) is 0 Å². The van der Waals surface area contributed by atoms with Crippen molar-refractivity contribution in [3.05, 3.63) is 11.8 Å². The highest BCUT2D eigenvalue weighted by molar-refractivity contribution is 5.15. The third-order valence-electron chi connectivity index (χ3n) is 1.60. The second kappa shape index (κ2) is 4.16. The molecule has 0 aromatic heterocycles. The lowest BCUT2D eigenvalue weighted by Crippen LogP contribution is -2.61. The number of aliphatic hydroxyl groups is 1. The summed E-state index contributed by atoms with van der Waals surface area (Å²) in [5.41, 5.74) is 0. The van der Waals surface area contributed by atoms with Crippen molar-refractivity contribution in [2.45, 2.75) is 23.9 Å². The van der Waals surface area contributed by atoms with Gasteiger partial charge in [-0.25, -0.2) is 0 Å². The molecule has 18 heavy (non-hydrogen) atoms. The Kier molecular flexibility index (Phi) is 3.87. The van der Waals surface area contributed by atoms with E-state index in [1.54, 1.807) is 0 Å². The highest BCUT2D eigenvalue weighted by Crippen LogP contribution is 2.55. The van der Waals surface area contributed by atoms with Gasteiger partial charge in [0.15, 0.2) is 0 Å². The molecule has 1 nitrogen and oxygen atoms in total. The van der Waals surface area contributed by atoms with Gasteiger partial charge in [-0.2, -0.15) is 48.3 Å². The summed E-state index contributed by atoms with van der Waals surface area (Å²) < 4.78 is 131. The van der Waals surface area contributed by atoms with Crippen LogP contribution in [0.5, 0.6) is 0 Å². The fourth-order valence-corrected chi connectivity index (χ4v) is 0.643. The van der Waals surface area contributed by atoms with Gasteiger partial charge in [0.1, 0.15) is 0 Å². The number of alkyl halides is 9. The first-order valence-corrected chi connectivity index (χ1v) is 3.55. The molecule has 0 heterocycles. The molecule has 0 unspecified atom stereocenters. The second-order valence-electron chi connectivity index (χ2n) is 2.83. The molecular weight excluding hydrogens is 297 g/mol. The topological polar surface area (TPSA) is 20.2 Å². The first kappa shape index (κ1) is 16.8. The van der Waals surface area contributed by atoms with Gasteiger partial charge in [-0.15, -0.1) is 0 Å². The van der Waals surface area contributed by atoms with Crippen LogP contribution in [0.15, 0.2) is 11.8 Å². The van der Waals surface area contributed by atoms with Crippen molar-refractivity contribution in [3.63, 3.8) is 0 Å². The molecule has 0 amide bonds. The van der Waals surface area contributed by atoms with Crippen molar-refractivity contribution in [1.29, 1.82) is 0 Å². The molecule has 0 aromatic rings. The molecule has 0 aliphatic carbocycles. The van der Waals surface area contributed by atoms with Crippen molar-refractivity contribution < 1.29 is 53.4 Å². The summed E-state index contributed by atoms with van der Waals surface area (Å²) in [7, 11) is 0. The molecule has 0 spiro atoms. The van der Waals surface area contributed by atoms with Gasteiger partial charge >= 0.3 is 30.0 Å². The number of allylic oxidation sites excluding steroid dienone is 1. The fraction of sp³-hybridized carbons (Fsp3) is 0.667. The molecule has 0 rings (SSSR count). The quantitative estimate of drug-likeness (QED) is 0.614. The van der Waals surface area contributed by atoms with Crippen LogP contribution in [0.2, 0.25) is 0 Å². The molecule has 0 radical (unpaired) electrons. The predicted octanol–water partition coefficient (Wildman–Crippen LogP) is 4.12. The molecule has 108 valence electrons. The molecule has 0 bridgehead atoms. The highest BCUT2D eigenvalue weighted by Gasteiger charge is 2.83. The first-order chi connectivity index (χ1) is 7.60. The molecule has 0 fully saturated rings. The Bertz CT molecular complexity index is 347. The number of hydrogen-bond acceptors (Lipinski definition) is 1. The molecule has 0 saturated heterocycles. The lowest BCUT2D eigenvalue weighted by atomic mass is 10.0. The van der Waals surface area contributed by atoms with Crippen LogP contribution in [0.1, 0.15) is 0 Å². The Labute approximate surface area is 90.5 Å². The van der Waals surface area contributed by atoms with Crippen molar-refractivity contribution in [1.82, 2.24) is 0 Å². The van der Waals surface area contributed by atoms with E-state index < -0.39 is 35.8 Å². The van der Waals surface area contributed by atoms with Gasteiger partial charge in [0.05, 0.1) is 0 Å². The first-order valence-electron chi connectivity index (χ1n) is 3.55. The summed E-state index contributed by atoms with van der Waals surface area (Å²) in [4.78, 5) is 0. The molecule has 1 N–H and O–H groups in total. The number of halogens is 11. The van der Waals surface area contributed by atoms with Gasteiger partial charge in [-0.3, -0.25) is 0 Å². The molecule has 0 aromatic carbocycles. The van der Waals surface area contributed by atoms with Crippen molar-refractivity contribution >= 4 is 0 Å². The third kappa shape index (κ3) is 2.19. The summed E-state index contributed by atoms with van der Waals surface area (Å²) in [5.74, 6) is -25.7. The highest BCUT2D eigenvalue weighted by atomic mass is 19.4. The summed E-state index contributed by atoms with van der Waals surface area (Å²) >= 11 is 0. The largest absolute Gasteiger partial charge is 0.484 e. The summed E-state index contributed by atoms with van der Waals surface area (Å²) in [6.45, 7) is 0. The van der Waals surface area contributed by atoms with Crippen molar-refractivity contribution in [2.75, 3.05) is 0 Å². The maximum Gasteiger partial charge on any atom is 0.460 e. The van der Waals surface area contributed by atoms with Gasteiger partial charge < -0.3 is 5.11 Å². The van der Waals surface area contributed by atoms with Crippen LogP contribution in [-0.4, -0.2) is 29.1 Å². The Hall–Kier alpha value is -1.23. The Morgan fingerprint density at radius 1 is 0.667 bits per heavy atom. The molecule has 0 aliphatic heterocycles. The van der Waals surface area contributed by atoms with E-state index in [2.05, 4.69) is 0 Å². The zero-order valence-electron chi connectivity index (χ0n) is 7.60. The van der Waals surface area contributed by atoms with Gasteiger partial charge in [-0.05, 0) is 0 Å². The summed E-state index contributed by atoms with van der Waals surface area (Å²) in [5, 5.41) is 7.49. The zero-order chi connectivity index (χ0) is 15.2. The molecule has 12 heteroatoms. The van der Waals surface area contributed by atoms with Crippen LogP contribution in [0, 0.1) is 0 Å².